The molecule has 74 valence electrons. The SMILES string of the molecule is CCN1N=C([S-])N(c2ccccc2)N1. The summed E-state index contributed by atoms with van der Waals surface area (Å²) in [6.07, 6.45) is 0. The third-order valence-electron chi connectivity index (χ3n) is 1.93. The highest BCUT2D eigenvalue weighted by Gasteiger charge is 2.14. The number of rotatable bonds is 2. The van der Waals surface area contributed by atoms with E-state index in [1.165, 1.54) is 0 Å². The number of para-hydroxylation sites is 1. The first kappa shape index (κ1) is 9.23. The first-order valence-electron chi connectivity index (χ1n) is 4.46. The summed E-state index contributed by atoms with van der Waals surface area (Å²) >= 11 is 5.12. The zero-order valence-electron chi connectivity index (χ0n) is 7.84. The minimum absolute atomic E-state index is 0.540. The molecule has 1 aromatic carbocycles. The van der Waals surface area contributed by atoms with E-state index in [4.69, 9.17) is 12.6 Å². The number of anilines is 1. The molecule has 0 aromatic heterocycles. The molecule has 0 saturated carbocycles. The normalized spacial score (nSPS) is 15.9. The van der Waals surface area contributed by atoms with Crippen molar-refractivity contribution in [2.75, 3.05) is 11.6 Å². The van der Waals surface area contributed by atoms with Gasteiger partial charge in [0.1, 0.15) is 0 Å². The van der Waals surface area contributed by atoms with Crippen molar-refractivity contribution >= 4 is 23.5 Å². The Labute approximate surface area is 88.6 Å². The fraction of sp³-hybridized carbons (Fsp3) is 0.222. The second-order valence-electron chi connectivity index (χ2n) is 2.87. The molecule has 0 aliphatic carbocycles. The molecule has 0 saturated heterocycles. The van der Waals surface area contributed by atoms with E-state index >= 15 is 0 Å². The topological polar surface area (TPSA) is 30.9 Å². The zero-order valence-corrected chi connectivity index (χ0v) is 8.66. The lowest BCUT2D eigenvalue weighted by molar-refractivity contribution is 0.236. The van der Waals surface area contributed by atoms with Gasteiger partial charge in [-0.05, 0) is 19.1 Å². The highest BCUT2D eigenvalue weighted by atomic mass is 32.1. The standard InChI is InChI=1S/C9H12N4S/c1-2-12-10-9(14)13(11-12)8-6-4-3-5-7-8/h3-7,11H,2H2,1H3,(H,10,14)/p-1. The van der Waals surface area contributed by atoms with Gasteiger partial charge in [-0.15, -0.1) is 5.53 Å². The van der Waals surface area contributed by atoms with Crippen LogP contribution in [-0.4, -0.2) is 16.8 Å². The van der Waals surface area contributed by atoms with E-state index < -0.39 is 0 Å². The highest BCUT2D eigenvalue weighted by Crippen LogP contribution is 2.14. The van der Waals surface area contributed by atoms with Crippen LogP contribution < -0.4 is 10.5 Å². The number of nitrogens with zero attached hydrogens (tertiary/aromatic N) is 3. The van der Waals surface area contributed by atoms with Gasteiger partial charge >= 0.3 is 0 Å². The molecule has 1 aliphatic heterocycles. The minimum Gasteiger partial charge on any atom is -0.739 e. The molecule has 0 bridgehead atoms. The van der Waals surface area contributed by atoms with Crippen molar-refractivity contribution in [3.8, 4) is 0 Å². The van der Waals surface area contributed by atoms with Gasteiger partial charge in [-0.1, -0.05) is 18.2 Å². The summed E-state index contributed by atoms with van der Waals surface area (Å²) in [5.41, 5.74) is 4.06. The summed E-state index contributed by atoms with van der Waals surface area (Å²) in [7, 11) is 0. The third kappa shape index (κ3) is 1.64. The monoisotopic (exact) mass is 207 g/mol. The number of hydrogen-bond donors (Lipinski definition) is 1. The van der Waals surface area contributed by atoms with Crippen LogP contribution >= 0.6 is 0 Å². The van der Waals surface area contributed by atoms with E-state index in [2.05, 4.69) is 10.6 Å². The third-order valence-corrected chi connectivity index (χ3v) is 2.19. The van der Waals surface area contributed by atoms with Crippen molar-refractivity contribution in [3.05, 3.63) is 30.3 Å². The van der Waals surface area contributed by atoms with E-state index in [1.807, 2.05) is 37.3 Å². The van der Waals surface area contributed by atoms with Gasteiger partial charge in [0, 0.05) is 5.17 Å². The molecule has 5 heteroatoms. The van der Waals surface area contributed by atoms with Crippen LogP contribution in [0.1, 0.15) is 6.92 Å². The number of amidine groups is 1. The molecule has 0 radical (unpaired) electrons. The lowest BCUT2D eigenvalue weighted by atomic mass is 10.3. The Morgan fingerprint density at radius 1 is 1.36 bits per heavy atom. The number of hydrogen-bond acceptors (Lipinski definition) is 5. The minimum atomic E-state index is 0.540. The van der Waals surface area contributed by atoms with E-state index in [-0.39, 0.29) is 0 Å². The number of benzene rings is 1. The predicted octanol–water partition coefficient (Wildman–Crippen LogP) is 1.07. The highest BCUT2D eigenvalue weighted by molar-refractivity contribution is 7.77. The lowest BCUT2D eigenvalue weighted by Gasteiger charge is -2.24. The van der Waals surface area contributed by atoms with Crippen LogP contribution in [0.3, 0.4) is 0 Å². The van der Waals surface area contributed by atoms with Gasteiger partial charge in [0.05, 0.1) is 12.2 Å². The van der Waals surface area contributed by atoms with Gasteiger partial charge in [0.2, 0.25) is 0 Å². The van der Waals surface area contributed by atoms with Crippen LogP contribution in [0, 0.1) is 0 Å². The first-order valence-corrected chi connectivity index (χ1v) is 4.86. The molecular weight excluding hydrogens is 196 g/mol. The Hall–Kier alpha value is -1.33. The average molecular weight is 207 g/mol. The smallest absolute Gasteiger partial charge is 0.0590 e. The van der Waals surface area contributed by atoms with Crippen LogP contribution in [-0.2, 0) is 12.6 Å². The van der Waals surface area contributed by atoms with E-state index in [0.29, 0.717) is 5.17 Å². The summed E-state index contributed by atoms with van der Waals surface area (Å²) < 4.78 is 0. The van der Waals surface area contributed by atoms with E-state index in [0.717, 1.165) is 12.2 Å². The number of nitrogens with one attached hydrogen (secondary N) is 1. The van der Waals surface area contributed by atoms with Gasteiger partial charge in [-0.25, -0.2) is 5.12 Å². The summed E-state index contributed by atoms with van der Waals surface area (Å²) in [6, 6.07) is 9.86. The summed E-state index contributed by atoms with van der Waals surface area (Å²) in [4.78, 5) is 0. The van der Waals surface area contributed by atoms with Crippen LogP contribution in [0.2, 0.25) is 0 Å². The van der Waals surface area contributed by atoms with Crippen LogP contribution in [0.5, 0.6) is 0 Å². The Bertz CT molecular complexity index is 338. The maximum Gasteiger partial charge on any atom is 0.0590 e. The number of hydrazone groups is 1. The molecule has 0 fully saturated rings. The maximum absolute atomic E-state index is 5.12. The van der Waals surface area contributed by atoms with Crippen molar-refractivity contribution < 1.29 is 0 Å². The molecule has 4 nitrogen and oxygen atoms in total. The lowest BCUT2D eigenvalue weighted by Crippen LogP contribution is -2.42. The summed E-state index contributed by atoms with van der Waals surface area (Å²) in [6.45, 7) is 2.79. The van der Waals surface area contributed by atoms with Crippen molar-refractivity contribution in [2.45, 2.75) is 6.92 Å². The molecule has 0 atom stereocenters. The van der Waals surface area contributed by atoms with Gasteiger partial charge < -0.3 is 12.6 Å². The fourth-order valence-corrected chi connectivity index (χ4v) is 1.46. The zero-order chi connectivity index (χ0) is 9.97. The molecule has 1 aromatic rings. The Kier molecular flexibility index (Phi) is 2.51. The van der Waals surface area contributed by atoms with Crippen LogP contribution in [0.15, 0.2) is 35.4 Å². The second kappa shape index (κ2) is 3.81. The first-order chi connectivity index (χ1) is 6.81. The quantitative estimate of drug-likeness (QED) is 0.735. The Morgan fingerprint density at radius 2 is 2.07 bits per heavy atom. The molecule has 0 amide bonds. The van der Waals surface area contributed by atoms with Crippen molar-refractivity contribution in [3.63, 3.8) is 0 Å². The molecule has 1 heterocycles. The largest absolute Gasteiger partial charge is 0.739 e. The Morgan fingerprint density at radius 3 is 2.64 bits per heavy atom. The molecule has 2 rings (SSSR count). The second-order valence-corrected chi connectivity index (χ2v) is 3.23. The summed E-state index contributed by atoms with van der Waals surface area (Å²) in [5.74, 6) is 0. The van der Waals surface area contributed by atoms with Crippen molar-refractivity contribution in [2.24, 2.45) is 5.10 Å². The number of hydrazine groups is 2. The molecule has 14 heavy (non-hydrogen) atoms. The summed E-state index contributed by atoms with van der Waals surface area (Å²) in [5, 5.41) is 8.16. The molecule has 1 N–H and O–H groups in total. The van der Waals surface area contributed by atoms with Crippen LogP contribution in [0.4, 0.5) is 5.69 Å². The van der Waals surface area contributed by atoms with Gasteiger partial charge in [0.15, 0.2) is 0 Å². The van der Waals surface area contributed by atoms with Gasteiger partial charge in [-0.3, -0.25) is 5.01 Å². The average Bonchev–Trinajstić information content (AvgIpc) is 2.61. The predicted molar refractivity (Wildman–Crippen MR) is 59.2 cm³/mol. The van der Waals surface area contributed by atoms with Crippen molar-refractivity contribution in [1.29, 1.82) is 0 Å². The van der Waals surface area contributed by atoms with E-state index in [1.54, 1.807) is 10.1 Å². The van der Waals surface area contributed by atoms with Gasteiger partial charge in [0.25, 0.3) is 0 Å². The molecular formula is C9H11N4S-. The van der Waals surface area contributed by atoms with Crippen LogP contribution in [0.25, 0.3) is 0 Å². The molecule has 1 aliphatic rings. The van der Waals surface area contributed by atoms with Crippen molar-refractivity contribution in [1.82, 2.24) is 10.7 Å². The van der Waals surface area contributed by atoms with Gasteiger partial charge in [-0.2, -0.15) is 5.10 Å². The fourth-order valence-electron chi connectivity index (χ4n) is 1.22. The molecule has 0 unspecified atom stereocenters. The maximum atomic E-state index is 5.12. The van der Waals surface area contributed by atoms with E-state index in [9.17, 15) is 0 Å². The molecule has 0 spiro atoms. The Balaban J connectivity index is 2.19.